The molecule has 0 aromatic carbocycles. The van der Waals surface area contributed by atoms with Gasteiger partial charge in [0.15, 0.2) is 9.84 Å². The highest BCUT2D eigenvalue weighted by Crippen LogP contribution is 2.26. The van der Waals surface area contributed by atoms with Gasteiger partial charge in [-0.25, -0.2) is 13.2 Å². The van der Waals surface area contributed by atoms with E-state index in [0.29, 0.717) is 12.8 Å². The van der Waals surface area contributed by atoms with Crippen LogP contribution in [-0.2, 0) is 9.84 Å². The molecule has 1 unspecified atom stereocenters. The van der Waals surface area contributed by atoms with Gasteiger partial charge in [0.2, 0.25) is 0 Å². The Morgan fingerprint density at radius 3 is 2.82 bits per heavy atom. The zero-order chi connectivity index (χ0) is 12.6. The van der Waals surface area contributed by atoms with E-state index < -0.39 is 15.8 Å². The van der Waals surface area contributed by atoms with Crippen molar-refractivity contribution in [2.45, 2.75) is 18.9 Å². The number of nitrogens with zero attached hydrogens (tertiary/aromatic N) is 1. The summed E-state index contributed by atoms with van der Waals surface area (Å²) >= 11 is 2.03. The number of halogens is 1. The van der Waals surface area contributed by atoms with E-state index in [1.807, 2.05) is 22.6 Å². The number of aromatic nitrogens is 1. The number of carboxylic acid groups (broad SMARTS) is 1. The Bertz CT molecular complexity index is 549. The second kappa shape index (κ2) is 4.60. The molecule has 1 aromatic heterocycles. The van der Waals surface area contributed by atoms with Crippen LogP contribution in [0.4, 0.5) is 0 Å². The van der Waals surface area contributed by atoms with E-state index in [-0.39, 0.29) is 23.2 Å². The lowest BCUT2D eigenvalue weighted by Gasteiger charge is -2.24. The molecule has 1 atom stereocenters. The molecule has 2 rings (SSSR count). The van der Waals surface area contributed by atoms with Crippen LogP contribution >= 0.6 is 22.6 Å². The lowest BCUT2D eigenvalue weighted by Crippen LogP contribution is -2.28. The second-order valence-corrected chi connectivity index (χ2v) is 7.64. The predicted octanol–water partition coefficient (Wildman–Crippen LogP) is 1.54. The highest BCUT2D eigenvalue weighted by atomic mass is 127. The lowest BCUT2D eigenvalue weighted by atomic mass is 10.2. The monoisotopic (exact) mass is 369 g/mol. The maximum absolute atomic E-state index is 11.6. The molecule has 2 heterocycles. The quantitative estimate of drug-likeness (QED) is 0.803. The summed E-state index contributed by atoms with van der Waals surface area (Å²) in [6.45, 7) is 0. The Hall–Kier alpha value is -0.570. The van der Waals surface area contributed by atoms with Gasteiger partial charge < -0.3 is 9.67 Å². The largest absolute Gasteiger partial charge is 0.477 e. The second-order valence-electron chi connectivity index (χ2n) is 4.17. The van der Waals surface area contributed by atoms with Gasteiger partial charge in [0, 0.05) is 15.8 Å². The van der Waals surface area contributed by atoms with Gasteiger partial charge >= 0.3 is 5.97 Å². The SMILES string of the molecule is O=C(O)c1cc(I)cn1C1CCCS(=O)(=O)C1. The van der Waals surface area contributed by atoms with Crippen LogP contribution < -0.4 is 0 Å². The molecular weight excluding hydrogens is 357 g/mol. The van der Waals surface area contributed by atoms with Gasteiger partial charge in [0.05, 0.1) is 11.5 Å². The molecular formula is C10H12INO4S. The summed E-state index contributed by atoms with van der Waals surface area (Å²) in [5.74, 6) is -0.765. The summed E-state index contributed by atoms with van der Waals surface area (Å²) in [6.07, 6.45) is 3.01. The normalized spacial score (nSPS) is 23.5. The van der Waals surface area contributed by atoms with Crippen molar-refractivity contribution in [1.82, 2.24) is 4.57 Å². The highest BCUT2D eigenvalue weighted by Gasteiger charge is 2.28. The Kier molecular flexibility index (Phi) is 3.48. The Balaban J connectivity index is 2.37. The Morgan fingerprint density at radius 1 is 1.53 bits per heavy atom. The third kappa shape index (κ3) is 2.82. The van der Waals surface area contributed by atoms with Crippen LogP contribution in [0.2, 0.25) is 0 Å². The summed E-state index contributed by atoms with van der Waals surface area (Å²) in [5.41, 5.74) is 0.163. The molecule has 1 fully saturated rings. The molecule has 0 radical (unpaired) electrons. The maximum atomic E-state index is 11.6. The Labute approximate surface area is 113 Å². The molecule has 94 valence electrons. The van der Waals surface area contributed by atoms with Crippen molar-refractivity contribution in [3.63, 3.8) is 0 Å². The van der Waals surface area contributed by atoms with Crippen molar-refractivity contribution in [3.05, 3.63) is 21.5 Å². The van der Waals surface area contributed by atoms with Crippen molar-refractivity contribution in [3.8, 4) is 0 Å². The van der Waals surface area contributed by atoms with Crippen LogP contribution in [0.1, 0.15) is 29.4 Å². The molecule has 5 nitrogen and oxygen atoms in total. The third-order valence-corrected chi connectivity index (χ3v) is 5.26. The zero-order valence-electron chi connectivity index (χ0n) is 8.97. The average Bonchev–Trinajstić information content (AvgIpc) is 2.59. The van der Waals surface area contributed by atoms with Crippen LogP contribution in [0.25, 0.3) is 0 Å². The van der Waals surface area contributed by atoms with E-state index >= 15 is 0 Å². The minimum Gasteiger partial charge on any atom is -0.477 e. The van der Waals surface area contributed by atoms with Crippen LogP contribution in [-0.4, -0.2) is 35.6 Å². The van der Waals surface area contributed by atoms with Gasteiger partial charge in [-0.3, -0.25) is 0 Å². The van der Waals surface area contributed by atoms with E-state index in [1.54, 1.807) is 16.8 Å². The molecule has 0 spiro atoms. The predicted molar refractivity (Wildman–Crippen MR) is 71.0 cm³/mol. The van der Waals surface area contributed by atoms with Crippen LogP contribution in [0.15, 0.2) is 12.3 Å². The van der Waals surface area contributed by atoms with Gasteiger partial charge in [-0.05, 0) is 41.5 Å². The maximum Gasteiger partial charge on any atom is 0.352 e. The van der Waals surface area contributed by atoms with E-state index in [2.05, 4.69) is 0 Å². The minimum absolute atomic E-state index is 0.0397. The molecule has 1 aliphatic heterocycles. The number of carboxylic acids is 1. The number of hydrogen-bond donors (Lipinski definition) is 1. The van der Waals surface area contributed by atoms with Gasteiger partial charge in [-0.1, -0.05) is 0 Å². The molecule has 1 aliphatic rings. The topological polar surface area (TPSA) is 76.4 Å². The first-order chi connectivity index (χ1) is 7.89. The van der Waals surface area contributed by atoms with Crippen molar-refractivity contribution < 1.29 is 18.3 Å². The molecule has 17 heavy (non-hydrogen) atoms. The standard InChI is InChI=1S/C10H12INO4S/c11-7-4-9(10(13)14)12(5-7)8-2-1-3-17(15,16)6-8/h4-5,8H,1-3,6H2,(H,13,14). The molecule has 0 saturated carbocycles. The number of carbonyl (C=O) groups is 1. The van der Waals surface area contributed by atoms with Gasteiger partial charge in [-0.2, -0.15) is 0 Å². The number of hydrogen-bond acceptors (Lipinski definition) is 3. The Morgan fingerprint density at radius 2 is 2.24 bits per heavy atom. The van der Waals surface area contributed by atoms with Crippen molar-refractivity contribution >= 4 is 38.4 Å². The highest BCUT2D eigenvalue weighted by molar-refractivity contribution is 14.1. The van der Waals surface area contributed by atoms with Gasteiger partial charge in [-0.15, -0.1) is 0 Å². The fourth-order valence-corrected chi connectivity index (χ4v) is 4.42. The van der Waals surface area contributed by atoms with Gasteiger partial charge in [0.25, 0.3) is 0 Å². The van der Waals surface area contributed by atoms with Crippen molar-refractivity contribution in [1.29, 1.82) is 0 Å². The average molecular weight is 369 g/mol. The fraction of sp³-hybridized carbons (Fsp3) is 0.500. The van der Waals surface area contributed by atoms with Crippen LogP contribution in [0, 0.1) is 3.57 Å². The summed E-state index contributed by atoms with van der Waals surface area (Å²) in [7, 11) is -3.03. The van der Waals surface area contributed by atoms with Crippen molar-refractivity contribution in [2.75, 3.05) is 11.5 Å². The summed E-state index contributed by atoms with van der Waals surface area (Å²) < 4.78 is 25.5. The van der Waals surface area contributed by atoms with Gasteiger partial charge in [0.1, 0.15) is 5.69 Å². The number of rotatable bonds is 2. The van der Waals surface area contributed by atoms with E-state index in [0.717, 1.165) is 3.57 Å². The number of aromatic carboxylic acids is 1. The first-order valence-electron chi connectivity index (χ1n) is 5.20. The summed E-state index contributed by atoms with van der Waals surface area (Å²) in [5, 5.41) is 9.07. The van der Waals surface area contributed by atoms with E-state index in [9.17, 15) is 13.2 Å². The molecule has 1 aromatic rings. The first kappa shape index (κ1) is 12.9. The van der Waals surface area contributed by atoms with E-state index in [1.165, 1.54) is 0 Å². The summed E-state index contributed by atoms with van der Waals surface area (Å²) in [6, 6.07) is 1.31. The third-order valence-electron chi connectivity index (χ3n) is 2.87. The lowest BCUT2D eigenvalue weighted by molar-refractivity contribution is 0.0682. The molecule has 0 bridgehead atoms. The molecule has 1 saturated heterocycles. The van der Waals surface area contributed by atoms with E-state index in [4.69, 9.17) is 5.11 Å². The number of sulfone groups is 1. The minimum atomic E-state index is -3.03. The van der Waals surface area contributed by atoms with Crippen LogP contribution in [0.5, 0.6) is 0 Å². The molecule has 1 N–H and O–H groups in total. The first-order valence-corrected chi connectivity index (χ1v) is 8.10. The summed E-state index contributed by atoms with van der Waals surface area (Å²) in [4.78, 5) is 11.1. The molecule has 7 heteroatoms. The van der Waals surface area contributed by atoms with Crippen molar-refractivity contribution in [2.24, 2.45) is 0 Å². The molecule has 0 aliphatic carbocycles. The smallest absolute Gasteiger partial charge is 0.352 e. The zero-order valence-corrected chi connectivity index (χ0v) is 11.9. The fourth-order valence-electron chi connectivity index (χ4n) is 2.14. The molecule has 0 amide bonds. The van der Waals surface area contributed by atoms with Crippen LogP contribution in [0.3, 0.4) is 0 Å².